The minimum atomic E-state index is 0.0295. The summed E-state index contributed by atoms with van der Waals surface area (Å²) in [4.78, 5) is 0. The molecule has 0 bridgehead atoms. The molecule has 0 radical (unpaired) electrons. The van der Waals surface area contributed by atoms with E-state index in [0.717, 1.165) is 6.42 Å². The monoisotopic (exact) mass is 161 g/mol. The molecule has 2 nitrogen and oxygen atoms in total. The van der Waals surface area contributed by atoms with Crippen LogP contribution in [0.1, 0.15) is 27.2 Å². The zero-order valence-electron chi connectivity index (χ0n) is 6.76. The predicted octanol–water partition coefficient (Wildman–Crippen LogP) is 2.49. The summed E-state index contributed by atoms with van der Waals surface area (Å²) < 4.78 is 15.6. The van der Waals surface area contributed by atoms with Gasteiger partial charge in [-0.05, 0) is 0 Å². The molecule has 0 aromatic rings. The first-order valence-electron chi connectivity index (χ1n) is 3.59. The molecule has 3 heteroatoms. The summed E-state index contributed by atoms with van der Waals surface area (Å²) in [5.41, 5.74) is 0.671. The third kappa shape index (κ3) is 3.28. The van der Waals surface area contributed by atoms with E-state index in [1.165, 1.54) is 0 Å². The van der Waals surface area contributed by atoms with Crippen LogP contribution in [-0.2, 0) is 9.30 Å². The van der Waals surface area contributed by atoms with Crippen molar-refractivity contribution < 1.29 is 9.30 Å². The number of ether oxygens (including phenoxy) is 1. The fraction of sp³-hybridized carbons (Fsp3) is 0.857. The fourth-order valence-electron chi connectivity index (χ4n) is 0.581. The maximum absolute atomic E-state index is 10.4. The van der Waals surface area contributed by atoms with Gasteiger partial charge in [0.1, 0.15) is 0 Å². The Hall–Kier alpha value is 0.0600. The summed E-state index contributed by atoms with van der Waals surface area (Å²) >= 11 is 0. The summed E-state index contributed by atoms with van der Waals surface area (Å²) in [6.45, 7) is 6.56. The van der Waals surface area contributed by atoms with Crippen molar-refractivity contribution >= 4 is 13.6 Å². The molecule has 0 aliphatic carbocycles. The molecule has 0 fully saturated rings. The summed E-state index contributed by atoms with van der Waals surface area (Å²) in [7, 11) is 0.0295. The van der Waals surface area contributed by atoms with Crippen LogP contribution in [0.25, 0.3) is 0 Å². The Morgan fingerprint density at radius 2 is 2.20 bits per heavy atom. The van der Waals surface area contributed by atoms with Crippen LogP contribution in [0, 0.1) is 5.92 Å². The van der Waals surface area contributed by atoms with Crippen LogP contribution in [0.2, 0.25) is 0 Å². The molecule has 0 heterocycles. The van der Waals surface area contributed by atoms with Crippen molar-refractivity contribution in [2.45, 2.75) is 27.2 Å². The Morgan fingerprint density at radius 1 is 1.60 bits per heavy atom. The quantitative estimate of drug-likeness (QED) is 0.592. The number of hydrogen-bond donors (Lipinski definition) is 0. The van der Waals surface area contributed by atoms with Gasteiger partial charge in [0.25, 0.3) is 0 Å². The van der Waals surface area contributed by atoms with Crippen molar-refractivity contribution in [1.29, 1.82) is 0 Å². The molecule has 0 aromatic carbocycles. The molecule has 0 amide bonds. The van der Waals surface area contributed by atoms with E-state index in [9.17, 15) is 4.57 Å². The Kier molecular flexibility index (Phi) is 5.85. The summed E-state index contributed by atoms with van der Waals surface area (Å²) in [6, 6.07) is 0. The molecule has 1 unspecified atom stereocenters. The predicted molar refractivity (Wildman–Crippen MR) is 43.7 cm³/mol. The van der Waals surface area contributed by atoms with Crippen LogP contribution in [-0.4, -0.2) is 12.1 Å². The Bertz CT molecular complexity index is 139. The molecule has 0 aliphatic rings. The molecule has 0 saturated heterocycles. The van der Waals surface area contributed by atoms with Crippen molar-refractivity contribution in [3.8, 4) is 0 Å². The van der Waals surface area contributed by atoms with Crippen molar-refractivity contribution in [2.24, 2.45) is 5.92 Å². The standard InChI is InChI=1S/C7H14O2P/c1-4-6(3)7(10-8)9-5-2/h6H,4-5H2,1-3H3/q+1. The van der Waals surface area contributed by atoms with Gasteiger partial charge in [-0.15, -0.1) is 0 Å². The third-order valence-electron chi connectivity index (χ3n) is 1.42. The molecule has 0 aliphatic heterocycles. The van der Waals surface area contributed by atoms with Gasteiger partial charge in [0.05, 0.1) is 0 Å². The van der Waals surface area contributed by atoms with Crippen molar-refractivity contribution in [2.75, 3.05) is 6.61 Å². The van der Waals surface area contributed by atoms with Gasteiger partial charge in [0.15, 0.2) is 0 Å². The molecule has 1 atom stereocenters. The summed E-state index contributed by atoms with van der Waals surface area (Å²) in [5.74, 6) is 0.305. The number of hydrogen-bond acceptors (Lipinski definition) is 2. The molecular formula is C7H14O2P+. The average Bonchev–Trinajstić information content (AvgIpc) is 1.99. The Morgan fingerprint density at radius 3 is 2.50 bits per heavy atom. The van der Waals surface area contributed by atoms with Crippen LogP contribution in [0.15, 0.2) is 0 Å². The van der Waals surface area contributed by atoms with Gasteiger partial charge < -0.3 is 0 Å². The second-order valence-corrected chi connectivity index (χ2v) is 2.80. The first-order chi connectivity index (χ1) is 4.76. The Balaban J connectivity index is 3.95. The zero-order chi connectivity index (χ0) is 7.98. The molecule has 0 spiro atoms. The first-order valence-corrected chi connectivity index (χ1v) is 4.40. The minimum absolute atomic E-state index is 0.0295. The van der Waals surface area contributed by atoms with Gasteiger partial charge in [0.2, 0.25) is 0 Å². The van der Waals surface area contributed by atoms with E-state index < -0.39 is 0 Å². The fourth-order valence-corrected chi connectivity index (χ4v) is 1.13. The van der Waals surface area contributed by atoms with E-state index in [4.69, 9.17) is 4.74 Å². The van der Waals surface area contributed by atoms with E-state index in [2.05, 4.69) is 6.92 Å². The van der Waals surface area contributed by atoms with Gasteiger partial charge >= 0.3 is 62.6 Å². The van der Waals surface area contributed by atoms with Crippen LogP contribution >= 0.6 is 8.08 Å². The number of rotatable bonds is 4. The van der Waals surface area contributed by atoms with Crippen LogP contribution in [0.4, 0.5) is 0 Å². The average molecular weight is 161 g/mol. The van der Waals surface area contributed by atoms with Crippen LogP contribution in [0.5, 0.6) is 0 Å². The van der Waals surface area contributed by atoms with Gasteiger partial charge in [-0.25, -0.2) is 0 Å². The normalized spacial score (nSPS) is 12.7. The summed E-state index contributed by atoms with van der Waals surface area (Å²) in [6.07, 6.45) is 0.977. The summed E-state index contributed by atoms with van der Waals surface area (Å²) in [5, 5.41) is 0. The molecule has 0 saturated carbocycles. The van der Waals surface area contributed by atoms with Crippen LogP contribution < -0.4 is 0 Å². The zero-order valence-corrected chi connectivity index (χ0v) is 7.65. The third-order valence-corrected chi connectivity index (χ3v) is 2.17. The maximum atomic E-state index is 10.4. The van der Waals surface area contributed by atoms with Crippen molar-refractivity contribution in [1.82, 2.24) is 0 Å². The SMILES string of the molecule is CCOC(=[P+]=O)C(C)CC. The van der Waals surface area contributed by atoms with E-state index in [0.29, 0.717) is 18.0 Å². The first kappa shape index (κ1) is 10.1. The topological polar surface area (TPSA) is 26.3 Å². The molecule has 58 valence electrons. The second-order valence-electron chi connectivity index (χ2n) is 2.17. The van der Waals surface area contributed by atoms with Crippen molar-refractivity contribution in [3.63, 3.8) is 0 Å². The van der Waals surface area contributed by atoms with E-state index in [1.807, 2.05) is 13.8 Å². The second kappa shape index (κ2) is 5.82. The van der Waals surface area contributed by atoms with Gasteiger partial charge in [-0.3, -0.25) is 0 Å². The molecule has 0 aromatic heterocycles. The van der Waals surface area contributed by atoms with Crippen LogP contribution in [0.3, 0.4) is 0 Å². The Labute approximate surface area is 63.4 Å². The van der Waals surface area contributed by atoms with E-state index in [1.54, 1.807) is 0 Å². The molecule has 10 heavy (non-hydrogen) atoms. The van der Waals surface area contributed by atoms with E-state index in [-0.39, 0.29) is 8.08 Å². The molecule has 0 rings (SSSR count). The molecule has 0 N–H and O–H groups in total. The van der Waals surface area contributed by atoms with E-state index >= 15 is 0 Å². The van der Waals surface area contributed by atoms with Gasteiger partial charge in [-0.2, -0.15) is 0 Å². The van der Waals surface area contributed by atoms with Gasteiger partial charge in [0, 0.05) is 0 Å². The van der Waals surface area contributed by atoms with Crippen molar-refractivity contribution in [3.05, 3.63) is 0 Å². The molecular weight excluding hydrogens is 147 g/mol. The van der Waals surface area contributed by atoms with Gasteiger partial charge in [-0.1, -0.05) is 0 Å².